The third-order valence-electron chi connectivity index (χ3n) is 1.53. The van der Waals surface area contributed by atoms with E-state index in [0.29, 0.717) is 5.56 Å². The van der Waals surface area contributed by atoms with E-state index in [1.54, 1.807) is 0 Å². The fraction of sp³-hybridized carbons (Fsp3) is 0.375. The van der Waals surface area contributed by atoms with Gasteiger partial charge in [-0.15, -0.1) is 0 Å². The summed E-state index contributed by atoms with van der Waals surface area (Å²) in [6.45, 7) is -0.0558. The van der Waals surface area contributed by atoms with Crippen molar-refractivity contribution in [2.24, 2.45) is 0 Å². The summed E-state index contributed by atoms with van der Waals surface area (Å²) in [4.78, 5) is 3.57. The first-order valence-corrected chi connectivity index (χ1v) is 5.73. The van der Waals surface area contributed by atoms with Gasteiger partial charge in [0.1, 0.15) is 5.82 Å². The number of rotatable bonds is 4. The standard InChI is InChI=1S/C8H10FNO3S/c1-14(11,12)13-5-3-7-2-4-10-6-8(7)9/h2,4,6H,3,5H2,1H3. The molecule has 0 N–H and O–H groups in total. The maximum Gasteiger partial charge on any atom is 0.264 e. The number of pyridine rings is 1. The summed E-state index contributed by atoms with van der Waals surface area (Å²) in [5.74, 6) is -0.454. The summed E-state index contributed by atoms with van der Waals surface area (Å²) in [6.07, 6.45) is 3.69. The Hall–Kier alpha value is -1.01. The highest BCUT2D eigenvalue weighted by Gasteiger charge is 2.04. The Bertz CT molecular complexity index is 405. The van der Waals surface area contributed by atoms with Crippen molar-refractivity contribution in [3.63, 3.8) is 0 Å². The monoisotopic (exact) mass is 219 g/mol. The zero-order chi connectivity index (χ0) is 10.6. The van der Waals surface area contributed by atoms with Gasteiger partial charge in [0.15, 0.2) is 0 Å². The Morgan fingerprint density at radius 1 is 1.57 bits per heavy atom. The number of aromatic nitrogens is 1. The summed E-state index contributed by atoms with van der Waals surface area (Å²) >= 11 is 0. The van der Waals surface area contributed by atoms with Crippen LogP contribution >= 0.6 is 0 Å². The van der Waals surface area contributed by atoms with Crippen molar-refractivity contribution < 1.29 is 17.0 Å². The number of nitrogens with zero attached hydrogens (tertiary/aromatic N) is 1. The lowest BCUT2D eigenvalue weighted by Gasteiger charge is -2.02. The topological polar surface area (TPSA) is 56.3 Å². The molecule has 0 spiro atoms. The second-order valence-electron chi connectivity index (χ2n) is 2.74. The van der Waals surface area contributed by atoms with Crippen LogP contribution in [-0.4, -0.2) is 26.3 Å². The van der Waals surface area contributed by atoms with Crippen LogP contribution in [0.5, 0.6) is 0 Å². The maximum absolute atomic E-state index is 12.9. The molecule has 0 saturated carbocycles. The van der Waals surface area contributed by atoms with Gasteiger partial charge in [0, 0.05) is 12.6 Å². The molecule has 1 heterocycles. The van der Waals surface area contributed by atoms with Crippen molar-refractivity contribution in [3.8, 4) is 0 Å². The first-order valence-electron chi connectivity index (χ1n) is 3.92. The third kappa shape index (κ3) is 3.80. The summed E-state index contributed by atoms with van der Waals surface area (Å²) in [5.41, 5.74) is 0.392. The van der Waals surface area contributed by atoms with Crippen LogP contribution in [0, 0.1) is 5.82 Å². The molecule has 1 rings (SSSR count). The molecule has 1 aromatic rings. The van der Waals surface area contributed by atoms with Crippen LogP contribution in [0.2, 0.25) is 0 Å². The second-order valence-corrected chi connectivity index (χ2v) is 4.39. The van der Waals surface area contributed by atoms with Crippen molar-refractivity contribution in [1.82, 2.24) is 4.98 Å². The van der Waals surface area contributed by atoms with Gasteiger partial charge in [0.25, 0.3) is 10.1 Å². The average Bonchev–Trinajstić information content (AvgIpc) is 2.06. The van der Waals surface area contributed by atoms with Crippen molar-refractivity contribution in [2.45, 2.75) is 6.42 Å². The molecule has 0 aromatic carbocycles. The molecule has 0 atom stereocenters. The fourth-order valence-corrected chi connectivity index (χ4v) is 1.30. The van der Waals surface area contributed by atoms with Gasteiger partial charge in [0.2, 0.25) is 0 Å². The molecule has 0 saturated heterocycles. The van der Waals surface area contributed by atoms with Crippen LogP contribution in [0.3, 0.4) is 0 Å². The number of hydrogen-bond acceptors (Lipinski definition) is 4. The van der Waals surface area contributed by atoms with Crippen molar-refractivity contribution in [1.29, 1.82) is 0 Å². The van der Waals surface area contributed by atoms with E-state index in [9.17, 15) is 12.8 Å². The highest BCUT2D eigenvalue weighted by atomic mass is 32.2. The molecule has 6 heteroatoms. The minimum Gasteiger partial charge on any atom is -0.270 e. The average molecular weight is 219 g/mol. The molecule has 78 valence electrons. The molecule has 0 radical (unpaired) electrons. The SMILES string of the molecule is CS(=O)(=O)OCCc1ccncc1F. The molecule has 0 bridgehead atoms. The lowest BCUT2D eigenvalue weighted by Crippen LogP contribution is -2.07. The Labute approximate surface area is 81.9 Å². The van der Waals surface area contributed by atoms with E-state index in [1.807, 2.05) is 0 Å². The molecule has 0 amide bonds. The summed E-state index contributed by atoms with van der Waals surface area (Å²) < 4.78 is 38.6. The van der Waals surface area contributed by atoms with Gasteiger partial charge in [-0.05, 0) is 11.6 Å². The van der Waals surface area contributed by atoms with E-state index in [0.717, 1.165) is 12.5 Å². The Morgan fingerprint density at radius 2 is 2.29 bits per heavy atom. The summed E-state index contributed by atoms with van der Waals surface area (Å²) in [5, 5.41) is 0. The first kappa shape index (κ1) is 11.1. The van der Waals surface area contributed by atoms with Gasteiger partial charge in [-0.1, -0.05) is 0 Å². The smallest absolute Gasteiger partial charge is 0.264 e. The molecule has 14 heavy (non-hydrogen) atoms. The van der Waals surface area contributed by atoms with Gasteiger partial charge in [-0.2, -0.15) is 8.42 Å². The molecule has 1 aromatic heterocycles. The predicted molar refractivity (Wildman–Crippen MR) is 48.7 cm³/mol. The van der Waals surface area contributed by atoms with Crippen molar-refractivity contribution >= 4 is 10.1 Å². The van der Waals surface area contributed by atoms with Crippen molar-refractivity contribution in [3.05, 3.63) is 29.8 Å². The lowest BCUT2D eigenvalue weighted by atomic mass is 10.2. The Kier molecular flexibility index (Phi) is 3.54. The largest absolute Gasteiger partial charge is 0.270 e. The lowest BCUT2D eigenvalue weighted by molar-refractivity contribution is 0.324. The van der Waals surface area contributed by atoms with E-state index in [2.05, 4.69) is 9.17 Å². The predicted octanol–water partition coefficient (Wildman–Crippen LogP) is 0.739. The molecule has 0 unspecified atom stereocenters. The van der Waals surface area contributed by atoms with Crippen LogP contribution in [-0.2, 0) is 20.7 Å². The van der Waals surface area contributed by atoms with E-state index >= 15 is 0 Å². The van der Waals surface area contributed by atoms with E-state index in [-0.39, 0.29) is 13.0 Å². The van der Waals surface area contributed by atoms with Crippen molar-refractivity contribution in [2.75, 3.05) is 12.9 Å². The van der Waals surface area contributed by atoms with Crippen LogP contribution in [0.4, 0.5) is 4.39 Å². The molecule has 0 aliphatic carbocycles. The zero-order valence-corrected chi connectivity index (χ0v) is 8.42. The van der Waals surface area contributed by atoms with Gasteiger partial charge in [-0.3, -0.25) is 9.17 Å². The fourth-order valence-electron chi connectivity index (χ4n) is 0.910. The number of hydrogen-bond donors (Lipinski definition) is 0. The molecular formula is C8H10FNO3S. The first-order chi connectivity index (χ1) is 6.49. The summed E-state index contributed by atoms with van der Waals surface area (Å²) in [7, 11) is -3.45. The van der Waals surface area contributed by atoms with Crippen LogP contribution in [0.25, 0.3) is 0 Å². The maximum atomic E-state index is 12.9. The summed E-state index contributed by atoms with van der Waals surface area (Å²) in [6, 6.07) is 1.49. The third-order valence-corrected chi connectivity index (χ3v) is 2.12. The van der Waals surface area contributed by atoms with E-state index in [1.165, 1.54) is 12.3 Å². The number of halogens is 1. The van der Waals surface area contributed by atoms with Crippen LogP contribution in [0.1, 0.15) is 5.56 Å². The van der Waals surface area contributed by atoms with Gasteiger partial charge >= 0.3 is 0 Å². The van der Waals surface area contributed by atoms with E-state index in [4.69, 9.17) is 0 Å². The normalized spacial score (nSPS) is 11.6. The zero-order valence-electron chi connectivity index (χ0n) is 7.60. The molecule has 0 aliphatic rings. The molecule has 0 fully saturated rings. The Balaban J connectivity index is 2.51. The minimum atomic E-state index is -3.45. The Morgan fingerprint density at radius 3 is 2.86 bits per heavy atom. The quantitative estimate of drug-likeness (QED) is 0.701. The minimum absolute atomic E-state index is 0.0558. The molecule has 0 aliphatic heterocycles. The van der Waals surface area contributed by atoms with Crippen LogP contribution in [0.15, 0.2) is 18.5 Å². The highest BCUT2D eigenvalue weighted by Crippen LogP contribution is 2.05. The van der Waals surface area contributed by atoms with Crippen LogP contribution < -0.4 is 0 Å². The molecule has 4 nitrogen and oxygen atoms in total. The molecular weight excluding hydrogens is 209 g/mol. The highest BCUT2D eigenvalue weighted by molar-refractivity contribution is 7.85. The van der Waals surface area contributed by atoms with Gasteiger partial charge in [0.05, 0.1) is 19.1 Å². The second kappa shape index (κ2) is 4.47. The van der Waals surface area contributed by atoms with E-state index < -0.39 is 15.9 Å². The van der Waals surface area contributed by atoms with Gasteiger partial charge < -0.3 is 0 Å². The van der Waals surface area contributed by atoms with Gasteiger partial charge in [-0.25, -0.2) is 4.39 Å².